The summed E-state index contributed by atoms with van der Waals surface area (Å²) in [4.78, 5) is 25.4. The molecule has 112 valence electrons. The van der Waals surface area contributed by atoms with Crippen molar-refractivity contribution < 1.29 is 19.4 Å². The summed E-state index contributed by atoms with van der Waals surface area (Å²) in [5.74, 6) is -1.17. The van der Waals surface area contributed by atoms with Crippen LogP contribution in [-0.2, 0) is 14.3 Å². The highest BCUT2D eigenvalue weighted by Crippen LogP contribution is 2.41. The van der Waals surface area contributed by atoms with Crippen LogP contribution in [0.3, 0.4) is 0 Å². The molecule has 1 saturated heterocycles. The SMILES string of the molecule is Cc1ccc(C2C(C(=O)O)OCC(=O)N2C2CC2)c(Br)c1. The Labute approximate surface area is 131 Å². The molecule has 0 spiro atoms. The minimum atomic E-state index is -1.04. The lowest BCUT2D eigenvalue weighted by molar-refractivity contribution is -0.174. The molecule has 1 aliphatic carbocycles. The maximum atomic E-state index is 12.2. The summed E-state index contributed by atoms with van der Waals surface area (Å²) in [5.41, 5.74) is 1.85. The van der Waals surface area contributed by atoms with Gasteiger partial charge in [0.15, 0.2) is 6.10 Å². The van der Waals surface area contributed by atoms with Crippen LogP contribution in [0.2, 0.25) is 0 Å². The van der Waals surface area contributed by atoms with Gasteiger partial charge in [0.2, 0.25) is 5.91 Å². The number of carbonyl (C=O) groups is 2. The van der Waals surface area contributed by atoms with Gasteiger partial charge in [-0.3, -0.25) is 4.79 Å². The largest absolute Gasteiger partial charge is 0.479 e. The van der Waals surface area contributed by atoms with Crippen LogP contribution in [0, 0.1) is 6.92 Å². The number of halogens is 1. The number of carboxylic acid groups (broad SMARTS) is 1. The second-order valence-electron chi connectivity index (χ2n) is 5.57. The van der Waals surface area contributed by atoms with Gasteiger partial charge < -0.3 is 14.7 Å². The molecular formula is C15H16BrNO4. The topological polar surface area (TPSA) is 66.8 Å². The Bertz CT molecular complexity index is 599. The highest BCUT2D eigenvalue weighted by atomic mass is 79.9. The van der Waals surface area contributed by atoms with Crippen molar-refractivity contribution in [3.63, 3.8) is 0 Å². The van der Waals surface area contributed by atoms with E-state index in [2.05, 4.69) is 15.9 Å². The average Bonchev–Trinajstić information content (AvgIpc) is 3.22. The zero-order valence-corrected chi connectivity index (χ0v) is 13.2. The molecule has 2 fully saturated rings. The van der Waals surface area contributed by atoms with Crippen molar-refractivity contribution in [3.05, 3.63) is 33.8 Å². The van der Waals surface area contributed by atoms with Gasteiger partial charge in [-0.1, -0.05) is 28.1 Å². The fourth-order valence-electron chi connectivity index (χ4n) is 2.80. The van der Waals surface area contributed by atoms with Crippen LogP contribution in [0.15, 0.2) is 22.7 Å². The Hall–Kier alpha value is -1.40. The number of carboxylic acids is 1. The third kappa shape index (κ3) is 2.70. The van der Waals surface area contributed by atoms with Gasteiger partial charge in [-0.25, -0.2) is 4.79 Å². The molecular weight excluding hydrogens is 338 g/mol. The third-order valence-corrected chi connectivity index (χ3v) is 4.61. The Morgan fingerprint density at radius 1 is 1.43 bits per heavy atom. The molecule has 2 unspecified atom stereocenters. The summed E-state index contributed by atoms with van der Waals surface area (Å²) >= 11 is 3.49. The smallest absolute Gasteiger partial charge is 0.335 e. The van der Waals surface area contributed by atoms with Crippen molar-refractivity contribution in [1.82, 2.24) is 4.90 Å². The standard InChI is InChI=1S/C15H16BrNO4/c1-8-2-5-10(11(16)6-8)13-14(15(19)20)21-7-12(18)17(13)9-3-4-9/h2,5-6,9,13-14H,3-4,7H2,1H3,(H,19,20). The first-order valence-corrected chi connectivity index (χ1v) is 7.70. The molecule has 0 aromatic heterocycles. The monoisotopic (exact) mass is 353 g/mol. The van der Waals surface area contributed by atoms with Gasteiger partial charge >= 0.3 is 5.97 Å². The summed E-state index contributed by atoms with van der Waals surface area (Å²) in [6.45, 7) is 1.80. The number of aliphatic carboxylic acids is 1. The molecule has 6 heteroatoms. The van der Waals surface area contributed by atoms with Gasteiger partial charge in [0.25, 0.3) is 0 Å². The van der Waals surface area contributed by atoms with Gasteiger partial charge in [-0.05, 0) is 37.0 Å². The number of morpholine rings is 1. The van der Waals surface area contributed by atoms with Crippen molar-refractivity contribution in [3.8, 4) is 0 Å². The Balaban J connectivity index is 2.06. The summed E-state index contributed by atoms with van der Waals surface area (Å²) in [6, 6.07) is 5.28. The molecule has 1 N–H and O–H groups in total. The molecule has 1 aliphatic heterocycles. The lowest BCUT2D eigenvalue weighted by Gasteiger charge is -2.40. The first-order chi connectivity index (χ1) is 9.99. The average molecular weight is 354 g/mol. The maximum absolute atomic E-state index is 12.2. The fraction of sp³-hybridized carbons (Fsp3) is 0.467. The van der Waals surface area contributed by atoms with Crippen LogP contribution in [0.5, 0.6) is 0 Å². The third-order valence-electron chi connectivity index (χ3n) is 3.92. The van der Waals surface area contributed by atoms with E-state index in [9.17, 15) is 14.7 Å². The normalized spacial score (nSPS) is 26.0. The lowest BCUT2D eigenvalue weighted by atomic mass is 9.96. The number of hydrogen-bond acceptors (Lipinski definition) is 3. The first-order valence-electron chi connectivity index (χ1n) is 6.90. The molecule has 1 heterocycles. The number of carbonyl (C=O) groups excluding carboxylic acids is 1. The van der Waals surface area contributed by atoms with Crippen molar-refractivity contribution in [2.45, 2.75) is 38.0 Å². The number of ether oxygens (including phenoxy) is 1. The maximum Gasteiger partial charge on any atom is 0.335 e. The van der Waals surface area contributed by atoms with Crippen LogP contribution in [0.4, 0.5) is 0 Å². The summed E-state index contributed by atoms with van der Waals surface area (Å²) in [7, 11) is 0. The quantitative estimate of drug-likeness (QED) is 0.904. The summed E-state index contributed by atoms with van der Waals surface area (Å²) in [5, 5.41) is 9.44. The van der Waals surface area contributed by atoms with E-state index in [1.165, 1.54) is 0 Å². The van der Waals surface area contributed by atoms with Crippen LogP contribution >= 0.6 is 15.9 Å². The van der Waals surface area contributed by atoms with Crippen LogP contribution < -0.4 is 0 Å². The predicted octanol–water partition coefficient (Wildman–Crippen LogP) is 2.27. The second-order valence-corrected chi connectivity index (χ2v) is 6.43. The van der Waals surface area contributed by atoms with Crippen molar-refractivity contribution in [1.29, 1.82) is 0 Å². The first kappa shape index (κ1) is 14.5. The fourth-order valence-corrected chi connectivity index (χ4v) is 3.53. The number of amides is 1. The van der Waals surface area contributed by atoms with E-state index in [1.54, 1.807) is 4.90 Å². The van der Waals surface area contributed by atoms with Gasteiger partial charge in [0.1, 0.15) is 6.61 Å². The number of hydrogen-bond donors (Lipinski definition) is 1. The van der Waals surface area contributed by atoms with Crippen molar-refractivity contribution in [2.24, 2.45) is 0 Å². The van der Waals surface area contributed by atoms with E-state index in [1.807, 2.05) is 25.1 Å². The molecule has 1 amide bonds. The van der Waals surface area contributed by atoms with E-state index < -0.39 is 18.1 Å². The van der Waals surface area contributed by atoms with Gasteiger partial charge in [-0.15, -0.1) is 0 Å². The molecule has 1 saturated carbocycles. The molecule has 0 radical (unpaired) electrons. The highest BCUT2D eigenvalue weighted by Gasteiger charge is 2.48. The molecule has 21 heavy (non-hydrogen) atoms. The molecule has 2 aliphatic rings. The summed E-state index contributed by atoms with van der Waals surface area (Å²) in [6.07, 6.45) is 0.832. The minimum Gasteiger partial charge on any atom is -0.479 e. The zero-order chi connectivity index (χ0) is 15.1. The van der Waals surface area contributed by atoms with Gasteiger partial charge in [0, 0.05) is 10.5 Å². The van der Waals surface area contributed by atoms with Crippen molar-refractivity contribution in [2.75, 3.05) is 6.61 Å². The van der Waals surface area contributed by atoms with Gasteiger partial charge in [0.05, 0.1) is 6.04 Å². The summed E-state index contributed by atoms with van der Waals surface area (Å²) < 4.78 is 6.11. The van der Waals surface area contributed by atoms with Gasteiger partial charge in [-0.2, -0.15) is 0 Å². The Kier molecular flexibility index (Phi) is 3.75. The van der Waals surface area contributed by atoms with E-state index >= 15 is 0 Å². The van der Waals surface area contributed by atoms with Crippen LogP contribution in [0.25, 0.3) is 0 Å². The molecule has 1 aromatic rings. The number of benzene rings is 1. The molecule has 5 nitrogen and oxygen atoms in total. The molecule has 1 aromatic carbocycles. The van der Waals surface area contributed by atoms with E-state index in [-0.39, 0.29) is 18.6 Å². The number of rotatable bonds is 3. The number of aryl methyl sites for hydroxylation is 1. The minimum absolute atomic E-state index is 0.132. The van der Waals surface area contributed by atoms with E-state index in [4.69, 9.17) is 4.74 Å². The van der Waals surface area contributed by atoms with E-state index in [0.29, 0.717) is 0 Å². The second kappa shape index (κ2) is 5.42. The Morgan fingerprint density at radius 2 is 2.14 bits per heavy atom. The lowest BCUT2D eigenvalue weighted by Crippen LogP contribution is -2.52. The van der Waals surface area contributed by atoms with E-state index in [0.717, 1.165) is 28.4 Å². The Morgan fingerprint density at radius 3 is 2.71 bits per heavy atom. The zero-order valence-electron chi connectivity index (χ0n) is 11.6. The number of nitrogens with zero attached hydrogens (tertiary/aromatic N) is 1. The van der Waals surface area contributed by atoms with Crippen molar-refractivity contribution >= 4 is 27.8 Å². The van der Waals surface area contributed by atoms with Crippen LogP contribution in [-0.4, -0.2) is 40.6 Å². The molecule has 3 rings (SSSR count). The predicted molar refractivity (Wildman–Crippen MR) is 78.9 cm³/mol. The molecule has 0 bridgehead atoms. The molecule has 2 atom stereocenters. The highest BCUT2D eigenvalue weighted by molar-refractivity contribution is 9.10. The van der Waals surface area contributed by atoms with Crippen LogP contribution in [0.1, 0.15) is 30.0 Å².